The lowest BCUT2D eigenvalue weighted by molar-refractivity contribution is -0.141. The molecule has 1 N–H and O–H groups in total. The summed E-state index contributed by atoms with van der Waals surface area (Å²) in [5.41, 5.74) is 1.67. The van der Waals surface area contributed by atoms with Crippen LogP contribution in [0.3, 0.4) is 0 Å². The molecule has 26 heavy (non-hydrogen) atoms. The SMILES string of the molecule is CCC(C(=O)O)n1c(=NC(=O)/C=C\c2ccccc2)sc2ccccc21. The van der Waals surface area contributed by atoms with Crippen molar-refractivity contribution < 1.29 is 14.7 Å². The molecule has 0 radical (unpaired) electrons. The van der Waals surface area contributed by atoms with E-state index in [1.807, 2.05) is 54.6 Å². The Morgan fingerprint density at radius 2 is 1.85 bits per heavy atom. The van der Waals surface area contributed by atoms with Crippen LogP contribution in [0.25, 0.3) is 16.3 Å². The number of carbonyl (C=O) groups is 2. The molecule has 3 rings (SSSR count). The van der Waals surface area contributed by atoms with Gasteiger partial charge >= 0.3 is 5.97 Å². The second-order valence-electron chi connectivity index (χ2n) is 5.68. The lowest BCUT2D eigenvalue weighted by Crippen LogP contribution is -2.27. The van der Waals surface area contributed by atoms with E-state index in [4.69, 9.17) is 0 Å². The molecule has 0 saturated carbocycles. The van der Waals surface area contributed by atoms with E-state index in [1.54, 1.807) is 17.6 Å². The maximum Gasteiger partial charge on any atom is 0.326 e. The zero-order valence-electron chi connectivity index (χ0n) is 14.2. The Kier molecular flexibility index (Phi) is 5.43. The molecule has 0 saturated heterocycles. The molecule has 1 aromatic heterocycles. The number of thiazole rings is 1. The van der Waals surface area contributed by atoms with Gasteiger partial charge < -0.3 is 9.67 Å². The van der Waals surface area contributed by atoms with Gasteiger partial charge in [0.25, 0.3) is 5.91 Å². The van der Waals surface area contributed by atoms with Crippen LogP contribution in [0.4, 0.5) is 0 Å². The number of aliphatic carboxylic acids is 1. The van der Waals surface area contributed by atoms with Crippen LogP contribution < -0.4 is 4.80 Å². The maximum atomic E-state index is 12.3. The van der Waals surface area contributed by atoms with Crippen molar-refractivity contribution >= 4 is 39.5 Å². The molecular weight excluding hydrogens is 348 g/mol. The first-order chi connectivity index (χ1) is 12.6. The van der Waals surface area contributed by atoms with Gasteiger partial charge in [0.05, 0.1) is 10.2 Å². The summed E-state index contributed by atoms with van der Waals surface area (Å²) in [5, 5.41) is 9.56. The summed E-state index contributed by atoms with van der Waals surface area (Å²) < 4.78 is 2.53. The smallest absolute Gasteiger partial charge is 0.326 e. The Hall–Kier alpha value is -2.99. The summed E-state index contributed by atoms with van der Waals surface area (Å²) in [6, 6.07) is 16.2. The Labute approximate surface area is 154 Å². The van der Waals surface area contributed by atoms with Crippen molar-refractivity contribution in [2.45, 2.75) is 19.4 Å². The van der Waals surface area contributed by atoms with E-state index in [-0.39, 0.29) is 0 Å². The number of hydrogen-bond acceptors (Lipinski definition) is 3. The Morgan fingerprint density at radius 1 is 1.15 bits per heavy atom. The summed E-state index contributed by atoms with van der Waals surface area (Å²) in [7, 11) is 0. The molecule has 1 unspecified atom stereocenters. The summed E-state index contributed by atoms with van der Waals surface area (Å²) in [6.45, 7) is 1.80. The van der Waals surface area contributed by atoms with E-state index in [9.17, 15) is 14.7 Å². The van der Waals surface area contributed by atoms with Gasteiger partial charge in [-0.2, -0.15) is 4.99 Å². The fraction of sp³-hybridized carbons (Fsp3) is 0.150. The number of benzene rings is 2. The lowest BCUT2D eigenvalue weighted by atomic mass is 10.2. The molecule has 132 valence electrons. The molecular formula is C20H18N2O3S. The highest BCUT2D eigenvalue weighted by atomic mass is 32.1. The van der Waals surface area contributed by atoms with E-state index in [0.29, 0.717) is 11.2 Å². The minimum absolute atomic E-state index is 0.392. The summed E-state index contributed by atoms with van der Waals surface area (Å²) >= 11 is 1.31. The van der Waals surface area contributed by atoms with Crippen LogP contribution in [0.5, 0.6) is 0 Å². The van der Waals surface area contributed by atoms with Gasteiger partial charge in [-0.25, -0.2) is 4.79 Å². The third-order valence-electron chi connectivity index (χ3n) is 3.94. The lowest BCUT2D eigenvalue weighted by Gasteiger charge is -2.13. The molecule has 6 heteroatoms. The zero-order valence-corrected chi connectivity index (χ0v) is 15.0. The Balaban J connectivity index is 2.06. The van der Waals surface area contributed by atoms with Gasteiger partial charge in [-0.3, -0.25) is 4.79 Å². The van der Waals surface area contributed by atoms with Crippen molar-refractivity contribution in [2.75, 3.05) is 0 Å². The van der Waals surface area contributed by atoms with E-state index in [0.717, 1.165) is 15.8 Å². The normalized spacial score (nSPS) is 13.3. The maximum absolute atomic E-state index is 12.3. The first kappa shape index (κ1) is 17.8. The summed E-state index contributed by atoms with van der Waals surface area (Å²) in [4.78, 5) is 28.5. The van der Waals surface area contributed by atoms with Crippen molar-refractivity contribution in [1.29, 1.82) is 0 Å². The van der Waals surface area contributed by atoms with Crippen LogP contribution in [-0.4, -0.2) is 21.6 Å². The van der Waals surface area contributed by atoms with E-state index >= 15 is 0 Å². The third-order valence-corrected chi connectivity index (χ3v) is 4.98. The number of fused-ring (bicyclic) bond motifs is 1. The predicted molar refractivity (Wildman–Crippen MR) is 103 cm³/mol. The first-order valence-electron chi connectivity index (χ1n) is 8.25. The fourth-order valence-electron chi connectivity index (χ4n) is 2.70. The van der Waals surface area contributed by atoms with Gasteiger partial charge in [0, 0.05) is 6.08 Å². The van der Waals surface area contributed by atoms with E-state index in [2.05, 4.69) is 4.99 Å². The van der Waals surface area contributed by atoms with Crippen molar-refractivity contribution in [3.8, 4) is 0 Å². The van der Waals surface area contributed by atoms with Gasteiger partial charge in [0.2, 0.25) is 0 Å². The van der Waals surface area contributed by atoms with Crippen LogP contribution in [0.2, 0.25) is 0 Å². The molecule has 0 fully saturated rings. The minimum Gasteiger partial charge on any atom is -0.480 e. The Morgan fingerprint density at radius 3 is 2.54 bits per heavy atom. The predicted octanol–water partition coefficient (Wildman–Crippen LogP) is 3.88. The average Bonchev–Trinajstić information content (AvgIpc) is 2.99. The van der Waals surface area contributed by atoms with Crippen molar-refractivity contribution in [3.05, 3.63) is 71.0 Å². The molecule has 0 bridgehead atoms. The number of para-hydroxylation sites is 1. The number of aromatic nitrogens is 1. The number of rotatable bonds is 5. The van der Waals surface area contributed by atoms with Gasteiger partial charge in [-0.1, -0.05) is 60.7 Å². The topological polar surface area (TPSA) is 71.7 Å². The number of carbonyl (C=O) groups excluding carboxylic acids is 1. The summed E-state index contributed by atoms with van der Waals surface area (Å²) in [5.74, 6) is -1.36. The van der Waals surface area contributed by atoms with Crippen molar-refractivity contribution in [1.82, 2.24) is 4.57 Å². The third kappa shape index (κ3) is 3.81. The van der Waals surface area contributed by atoms with Crippen molar-refractivity contribution in [2.24, 2.45) is 4.99 Å². The highest BCUT2D eigenvalue weighted by Gasteiger charge is 2.21. The fourth-order valence-corrected chi connectivity index (χ4v) is 3.78. The van der Waals surface area contributed by atoms with E-state index < -0.39 is 17.9 Å². The highest BCUT2D eigenvalue weighted by Crippen LogP contribution is 2.22. The van der Waals surface area contributed by atoms with Gasteiger partial charge in [-0.05, 0) is 30.2 Å². The molecule has 0 spiro atoms. The molecule has 0 aliphatic rings. The second kappa shape index (κ2) is 7.93. The number of carboxylic acid groups (broad SMARTS) is 1. The highest BCUT2D eigenvalue weighted by molar-refractivity contribution is 7.16. The van der Waals surface area contributed by atoms with Crippen molar-refractivity contribution in [3.63, 3.8) is 0 Å². The van der Waals surface area contributed by atoms with Crippen LogP contribution in [0, 0.1) is 0 Å². The monoisotopic (exact) mass is 366 g/mol. The first-order valence-corrected chi connectivity index (χ1v) is 9.06. The minimum atomic E-state index is -0.940. The molecule has 1 heterocycles. The van der Waals surface area contributed by atoms with Crippen LogP contribution in [-0.2, 0) is 9.59 Å². The zero-order chi connectivity index (χ0) is 18.5. The second-order valence-corrected chi connectivity index (χ2v) is 6.69. The number of carboxylic acids is 1. The van der Waals surface area contributed by atoms with Gasteiger partial charge in [0.15, 0.2) is 4.80 Å². The standard InChI is InChI=1S/C20H18N2O3S/c1-2-15(19(24)25)22-16-10-6-7-11-17(16)26-20(22)21-18(23)13-12-14-8-4-3-5-9-14/h3-13,15H,2H2,1H3,(H,24,25)/b13-12-,21-20?. The number of amides is 1. The number of nitrogens with zero attached hydrogens (tertiary/aromatic N) is 2. The quantitative estimate of drug-likeness (QED) is 0.697. The molecule has 2 aromatic carbocycles. The van der Waals surface area contributed by atoms with Gasteiger partial charge in [0.1, 0.15) is 6.04 Å². The summed E-state index contributed by atoms with van der Waals surface area (Å²) in [6.07, 6.45) is 3.49. The number of hydrogen-bond donors (Lipinski definition) is 1. The van der Waals surface area contributed by atoms with Gasteiger partial charge in [-0.15, -0.1) is 0 Å². The molecule has 1 amide bonds. The molecule has 5 nitrogen and oxygen atoms in total. The van der Waals surface area contributed by atoms with E-state index in [1.165, 1.54) is 17.4 Å². The largest absolute Gasteiger partial charge is 0.480 e. The van der Waals surface area contributed by atoms with Crippen LogP contribution in [0.15, 0.2) is 65.7 Å². The molecule has 1 atom stereocenters. The Bertz CT molecular complexity index is 1030. The average molecular weight is 366 g/mol. The molecule has 0 aliphatic heterocycles. The molecule has 0 aliphatic carbocycles. The molecule has 3 aromatic rings. The van der Waals surface area contributed by atoms with Crippen LogP contribution in [0.1, 0.15) is 24.9 Å². The van der Waals surface area contributed by atoms with Crippen LogP contribution >= 0.6 is 11.3 Å².